The van der Waals surface area contributed by atoms with Crippen LogP contribution in [0.25, 0.3) is 0 Å². The normalized spacial score (nSPS) is 10.4. The zero-order valence-corrected chi connectivity index (χ0v) is 18.0. The van der Waals surface area contributed by atoms with Crippen LogP contribution in [0.2, 0.25) is 0 Å². The highest BCUT2D eigenvalue weighted by Gasteiger charge is 2.12. The van der Waals surface area contributed by atoms with E-state index in [0.717, 1.165) is 16.8 Å². The SMILES string of the molecule is Cc1ccc(NC(=O)c2cccc(N(C)C)c2)cc1NC(=O)c1cccc(CCl)c1. The molecule has 5 nitrogen and oxygen atoms in total. The molecular weight excluding hydrogens is 398 g/mol. The van der Waals surface area contributed by atoms with Crippen molar-refractivity contribution in [2.75, 3.05) is 29.6 Å². The Labute approximate surface area is 181 Å². The van der Waals surface area contributed by atoms with Crippen molar-refractivity contribution in [1.29, 1.82) is 0 Å². The van der Waals surface area contributed by atoms with Gasteiger partial charge in [0.1, 0.15) is 0 Å². The van der Waals surface area contributed by atoms with Gasteiger partial charge in [0.2, 0.25) is 0 Å². The highest BCUT2D eigenvalue weighted by atomic mass is 35.5. The maximum absolute atomic E-state index is 12.7. The van der Waals surface area contributed by atoms with Gasteiger partial charge in [-0.2, -0.15) is 0 Å². The van der Waals surface area contributed by atoms with E-state index in [4.69, 9.17) is 11.6 Å². The first kappa shape index (κ1) is 21.4. The zero-order valence-electron chi connectivity index (χ0n) is 17.2. The average Bonchev–Trinajstić information content (AvgIpc) is 2.76. The van der Waals surface area contributed by atoms with Crippen molar-refractivity contribution in [3.05, 3.63) is 89.0 Å². The minimum absolute atomic E-state index is 0.213. The summed E-state index contributed by atoms with van der Waals surface area (Å²) in [4.78, 5) is 27.3. The van der Waals surface area contributed by atoms with Crippen LogP contribution in [0, 0.1) is 6.92 Å². The number of nitrogens with one attached hydrogen (secondary N) is 2. The predicted molar refractivity (Wildman–Crippen MR) is 124 cm³/mol. The van der Waals surface area contributed by atoms with Crippen LogP contribution in [0.15, 0.2) is 66.7 Å². The number of carbonyl (C=O) groups excluding carboxylic acids is 2. The summed E-state index contributed by atoms with van der Waals surface area (Å²) in [5, 5.41) is 5.81. The number of anilines is 3. The number of hydrogen-bond acceptors (Lipinski definition) is 3. The number of hydrogen-bond donors (Lipinski definition) is 2. The third-order valence-electron chi connectivity index (χ3n) is 4.71. The van der Waals surface area contributed by atoms with E-state index in [0.29, 0.717) is 28.4 Å². The van der Waals surface area contributed by atoms with Crippen molar-refractivity contribution >= 4 is 40.5 Å². The van der Waals surface area contributed by atoms with E-state index in [2.05, 4.69) is 10.6 Å². The summed E-state index contributed by atoms with van der Waals surface area (Å²) in [6.45, 7) is 1.90. The molecule has 0 unspecified atom stereocenters. The average molecular weight is 422 g/mol. The third-order valence-corrected chi connectivity index (χ3v) is 5.02. The van der Waals surface area contributed by atoms with E-state index >= 15 is 0 Å². The molecular formula is C24H24ClN3O2. The molecule has 6 heteroatoms. The Hall–Kier alpha value is -3.31. The number of carbonyl (C=O) groups is 2. The van der Waals surface area contributed by atoms with Crippen LogP contribution in [0.3, 0.4) is 0 Å². The molecule has 30 heavy (non-hydrogen) atoms. The van der Waals surface area contributed by atoms with Gasteiger partial charge in [-0.15, -0.1) is 11.6 Å². The lowest BCUT2D eigenvalue weighted by Crippen LogP contribution is -2.15. The van der Waals surface area contributed by atoms with Crippen molar-refractivity contribution in [1.82, 2.24) is 0 Å². The van der Waals surface area contributed by atoms with E-state index in [1.165, 1.54) is 0 Å². The van der Waals surface area contributed by atoms with E-state index in [1.807, 2.05) is 62.3 Å². The first-order chi connectivity index (χ1) is 14.4. The number of amides is 2. The minimum atomic E-state index is -0.229. The second-order valence-electron chi connectivity index (χ2n) is 7.22. The molecule has 0 aliphatic carbocycles. The van der Waals surface area contributed by atoms with Gasteiger partial charge in [0.25, 0.3) is 11.8 Å². The van der Waals surface area contributed by atoms with E-state index in [1.54, 1.807) is 30.3 Å². The van der Waals surface area contributed by atoms with Gasteiger partial charge in [0, 0.05) is 48.2 Å². The van der Waals surface area contributed by atoms with Crippen LogP contribution in [0.5, 0.6) is 0 Å². The zero-order chi connectivity index (χ0) is 21.7. The first-order valence-electron chi connectivity index (χ1n) is 9.53. The fraction of sp³-hybridized carbons (Fsp3) is 0.167. The second kappa shape index (κ2) is 9.46. The summed E-state index contributed by atoms with van der Waals surface area (Å²) in [5.74, 6) is -0.0988. The molecule has 0 aliphatic heterocycles. The molecule has 3 rings (SSSR count). The number of benzene rings is 3. The number of aryl methyl sites for hydroxylation is 1. The Morgan fingerprint density at radius 1 is 0.867 bits per heavy atom. The minimum Gasteiger partial charge on any atom is -0.378 e. The molecule has 0 heterocycles. The summed E-state index contributed by atoms with van der Waals surface area (Å²) >= 11 is 5.86. The van der Waals surface area contributed by atoms with Crippen LogP contribution in [-0.2, 0) is 5.88 Å². The van der Waals surface area contributed by atoms with Crippen LogP contribution >= 0.6 is 11.6 Å². The van der Waals surface area contributed by atoms with Crippen molar-refractivity contribution in [3.63, 3.8) is 0 Å². The van der Waals surface area contributed by atoms with Crippen LogP contribution in [0.4, 0.5) is 17.1 Å². The van der Waals surface area contributed by atoms with E-state index in [-0.39, 0.29) is 11.8 Å². The Morgan fingerprint density at radius 2 is 1.53 bits per heavy atom. The summed E-state index contributed by atoms with van der Waals surface area (Å²) < 4.78 is 0. The fourth-order valence-corrected chi connectivity index (χ4v) is 3.12. The van der Waals surface area contributed by atoms with Gasteiger partial charge in [0.05, 0.1) is 0 Å². The second-order valence-corrected chi connectivity index (χ2v) is 7.48. The lowest BCUT2D eigenvalue weighted by molar-refractivity contribution is 0.101. The molecule has 0 atom stereocenters. The quantitative estimate of drug-likeness (QED) is 0.530. The standard InChI is InChI=1S/C24H24ClN3O2/c1-16-10-11-20(26-23(29)19-8-5-9-21(13-19)28(2)3)14-22(16)27-24(30)18-7-4-6-17(12-18)15-25/h4-14H,15H2,1-3H3,(H,26,29)(H,27,30). The van der Waals surface area contributed by atoms with E-state index < -0.39 is 0 Å². The van der Waals surface area contributed by atoms with Gasteiger partial charge in [0.15, 0.2) is 0 Å². The third kappa shape index (κ3) is 5.19. The first-order valence-corrected chi connectivity index (χ1v) is 10.1. The molecule has 0 spiro atoms. The summed E-state index contributed by atoms with van der Waals surface area (Å²) in [6, 6.07) is 20.0. The maximum Gasteiger partial charge on any atom is 0.255 e. The van der Waals surface area contributed by atoms with Gasteiger partial charge in [-0.05, 0) is 60.5 Å². The number of halogens is 1. The largest absolute Gasteiger partial charge is 0.378 e. The molecule has 2 N–H and O–H groups in total. The summed E-state index contributed by atoms with van der Waals surface area (Å²) in [6.07, 6.45) is 0. The van der Waals surface area contributed by atoms with E-state index in [9.17, 15) is 9.59 Å². The van der Waals surface area contributed by atoms with Crippen molar-refractivity contribution in [3.8, 4) is 0 Å². The molecule has 3 aromatic rings. The Kier molecular flexibility index (Phi) is 6.75. The van der Waals surface area contributed by atoms with Gasteiger partial charge < -0.3 is 15.5 Å². The maximum atomic E-state index is 12.7. The van der Waals surface area contributed by atoms with Gasteiger partial charge >= 0.3 is 0 Å². The predicted octanol–water partition coefficient (Wildman–Crippen LogP) is 5.30. The molecule has 0 fully saturated rings. The highest BCUT2D eigenvalue weighted by molar-refractivity contribution is 6.17. The van der Waals surface area contributed by atoms with Crippen molar-refractivity contribution < 1.29 is 9.59 Å². The summed E-state index contributed by atoms with van der Waals surface area (Å²) in [7, 11) is 3.85. The van der Waals surface area contributed by atoms with Crippen LogP contribution in [0.1, 0.15) is 31.8 Å². The van der Waals surface area contributed by atoms with Crippen LogP contribution in [-0.4, -0.2) is 25.9 Å². The van der Waals surface area contributed by atoms with Gasteiger partial charge in [-0.25, -0.2) is 0 Å². The molecule has 0 saturated carbocycles. The molecule has 0 bridgehead atoms. The smallest absolute Gasteiger partial charge is 0.255 e. The lowest BCUT2D eigenvalue weighted by Gasteiger charge is -2.14. The monoisotopic (exact) mass is 421 g/mol. The lowest BCUT2D eigenvalue weighted by atomic mass is 10.1. The van der Waals surface area contributed by atoms with Crippen molar-refractivity contribution in [2.24, 2.45) is 0 Å². The molecule has 154 valence electrons. The molecule has 2 amide bonds. The fourth-order valence-electron chi connectivity index (χ4n) is 2.95. The van der Waals surface area contributed by atoms with Gasteiger partial charge in [-0.1, -0.05) is 24.3 Å². The topological polar surface area (TPSA) is 61.4 Å². The molecule has 0 radical (unpaired) electrons. The highest BCUT2D eigenvalue weighted by Crippen LogP contribution is 2.22. The molecule has 3 aromatic carbocycles. The molecule has 0 aliphatic rings. The Morgan fingerprint density at radius 3 is 2.23 bits per heavy atom. The van der Waals surface area contributed by atoms with Gasteiger partial charge in [-0.3, -0.25) is 9.59 Å². The Bertz CT molecular complexity index is 1080. The van der Waals surface area contributed by atoms with Crippen LogP contribution < -0.4 is 15.5 Å². The van der Waals surface area contributed by atoms with Crippen molar-refractivity contribution in [2.45, 2.75) is 12.8 Å². The molecule has 0 aromatic heterocycles. The number of rotatable bonds is 6. The number of nitrogens with zero attached hydrogens (tertiary/aromatic N) is 1. The summed E-state index contributed by atoms with van der Waals surface area (Å²) in [5.41, 5.74) is 5.04. The number of alkyl halides is 1. The Balaban J connectivity index is 1.77. The molecule has 0 saturated heterocycles.